The molecule has 1 aliphatic rings. The molecule has 1 aromatic rings. The van der Waals surface area contributed by atoms with Crippen LogP contribution in [0.2, 0.25) is 0 Å². The molecule has 4 nitrogen and oxygen atoms in total. The van der Waals surface area contributed by atoms with Crippen LogP contribution in [0.15, 0.2) is 24.3 Å². The fourth-order valence-corrected chi connectivity index (χ4v) is 2.09. The lowest BCUT2D eigenvalue weighted by Crippen LogP contribution is -2.48. The molecule has 1 unspecified atom stereocenters. The zero-order valence-corrected chi connectivity index (χ0v) is 10.4. The molecule has 18 heavy (non-hydrogen) atoms. The summed E-state index contributed by atoms with van der Waals surface area (Å²) in [5.74, 6) is -0.316. The van der Waals surface area contributed by atoms with Crippen molar-refractivity contribution in [1.82, 2.24) is 10.6 Å². The predicted molar refractivity (Wildman–Crippen MR) is 69.1 cm³/mol. The molecule has 5 heteroatoms. The molecular weight excluding hydrogens is 233 g/mol. The van der Waals surface area contributed by atoms with E-state index in [4.69, 9.17) is 0 Å². The van der Waals surface area contributed by atoms with Gasteiger partial charge in [0.25, 0.3) is 0 Å². The number of hydrogen-bond acceptors (Lipinski definition) is 2. The summed E-state index contributed by atoms with van der Waals surface area (Å²) in [5, 5.41) is 8.86. The van der Waals surface area contributed by atoms with Crippen LogP contribution in [0.3, 0.4) is 0 Å². The normalized spacial score (nSPS) is 22.8. The summed E-state index contributed by atoms with van der Waals surface area (Å²) in [4.78, 5) is 11.7. The summed E-state index contributed by atoms with van der Waals surface area (Å²) in [6, 6.07) is 5.43. The minimum atomic E-state index is -0.316. The summed E-state index contributed by atoms with van der Waals surface area (Å²) in [5.41, 5.74) is 0.568. The van der Waals surface area contributed by atoms with Crippen molar-refractivity contribution in [2.75, 3.05) is 18.4 Å². The third-order valence-corrected chi connectivity index (χ3v) is 3.20. The van der Waals surface area contributed by atoms with Crippen molar-refractivity contribution in [3.8, 4) is 0 Å². The number of rotatable bonds is 3. The Balaban J connectivity index is 1.80. The predicted octanol–water partition coefficient (Wildman–Crippen LogP) is 2.09. The van der Waals surface area contributed by atoms with Gasteiger partial charge in [-0.3, -0.25) is 0 Å². The number of nitrogens with one attached hydrogen (secondary N) is 3. The van der Waals surface area contributed by atoms with Crippen LogP contribution in [0.25, 0.3) is 0 Å². The fourth-order valence-electron chi connectivity index (χ4n) is 2.09. The smallest absolute Gasteiger partial charge is 0.319 e. The van der Waals surface area contributed by atoms with E-state index in [2.05, 4.69) is 22.9 Å². The Kier molecular flexibility index (Phi) is 3.81. The molecule has 2 rings (SSSR count). The lowest BCUT2D eigenvalue weighted by molar-refractivity contribution is 0.248. The highest BCUT2D eigenvalue weighted by Gasteiger charge is 2.28. The maximum Gasteiger partial charge on any atom is 0.319 e. The SMILES string of the molecule is CC1(CNC(=O)Nc2ccc(F)cc2)CCCN1. The molecule has 0 spiro atoms. The van der Waals surface area contributed by atoms with E-state index in [0.29, 0.717) is 12.2 Å². The van der Waals surface area contributed by atoms with Crippen LogP contribution in [0.5, 0.6) is 0 Å². The highest BCUT2D eigenvalue weighted by atomic mass is 19.1. The van der Waals surface area contributed by atoms with Gasteiger partial charge in [-0.05, 0) is 50.6 Å². The Hall–Kier alpha value is -1.62. The third-order valence-electron chi connectivity index (χ3n) is 3.20. The summed E-state index contributed by atoms with van der Waals surface area (Å²) in [6.07, 6.45) is 2.20. The number of halogens is 1. The second kappa shape index (κ2) is 5.35. The summed E-state index contributed by atoms with van der Waals surface area (Å²) in [6.45, 7) is 3.68. The molecule has 1 heterocycles. The van der Waals surface area contributed by atoms with E-state index in [9.17, 15) is 9.18 Å². The molecule has 2 amide bonds. The van der Waals surface area contributed by atoms with Gasteiger partial charge < -0.3 is 16.0 Å². The molecular formula is C13H18FN3O. The summed E-state index contributed by atoms with van der Waals surface area (Å²) in [7, 11) is 0. The molecule has 0 saturated carbocycles. The highest BCUT2D eigenvalue weighted by Crippen LogP contribution is 2.17. The molecule has 3 N–H and O–H groups in total. The average molecular weight is 251 g/mol. The van der Waals surface area contributed by atoms with Gasteiger partial charge in [0.2, 0.25) is 0 Å². The van der Waals surface area contributed by atoms with Gasteiger partial charge in [-0.25, -0.2) is 9.18 Å². The van der Waals surface area contributed by atoms with E-state index in [0.717, 1.165) is 19.4 Å². The monoisotopic (exact) mass is 251 g/mol. The van der Waals surface area contributed by atoms with E-state index in [1.54, 1.807) is 0 Å². The summed E-state index contributed by atoms with van der Waals surface area (Å²) >= 11 is 0. The third kappa shape index (κ3) is 3.43. The molecule has 1 fully saturated rings. The van der Waals surface area contributed by atoms with Crippen LogP contribution >= 0.6 is 0 Å². The lowest BCUT2D eigenvalue weighted by Gasteiger charge is -2.24. The van der Waals surface area contributed by atoms with Gasteiger partial charge in [-0.2, -0.15) is 0 Å². The van der Waals surface area contributed by atoms with Crippen molar-refractivity contribution in [3.63, 3.8) is 0 Å². The topological polar surface area (TPSA) is 53.2 Å². The number of amides is 2. The number of anilines is 1. The molecule has 1 aliphatic heterocycles. The first kappa shape index (κ1) is 12.8. The van der Waals surface area contributed by atoms with Crippen LogP contribution in [-0.2, 0) is 0 Å². The minimum Gasteiger partial charge on any atom is -0.336 e. The standard InChI is InChI=1S/C13H18FN3O/c1-13(7-2-8-16-13)9-15-12(18)17-11-5-3-10(14)4-6-11/h3-6,16H,2,7-9H2,1H3,(H2,15,17,18). The molecule has 0 radical (unpaired) electrons. The quantitative estimate of drug-likeness (QED) is 0.770. The second-order valence-corrected chi connectivity index (χ2v) is 4.91. The van der Waals surface area contributed by atoms with Gasteiger partial charge in [0.1, 0.15) is 5.82 Å². The van der Waals surface area contributed by atoms with Gasteiger partial charge in [0.05, 0.1) is 0 Å². The molecule has 0 aromatic heterocycles. The van der Waals surface area contributed by atoms with Crippen LogP contribution in [-0.4, -0.2) is 24.7 Å². The number of benzene rings is 1. The number of carbonyl (C=O) groups is 1. The Labute approximate surface area is 106 Å². The largest absolute Gasteiger partial charge is 0.336 e. The molecule has 0 bridgehead atoms. The molecule has 1 aromatic carbocycles. The van der Waals surface area contributed by atoms with Crippen LogP contribution < -0.4 is 16.0 Å². The second-order valence-electron chi connectivity index (χ2n) is 4.91. The van der Waals surface area contributed by atoms with Gasteiger partial charge in [0, 0.05) is 17.8 Å². The van der Waals surface area contributed by atoms with Crippen molar-refractivity contribution in [1.29, 1.82) is 0 Å². The maximum absolute atomic E-state index is 12.7. The van der Waals surface area contributed by atoms with Crippen LogP contribution in [0.1, 0.15) is 19.8 Å². The molecule has 1 saturated heterocycles. The molecule has 0 aliphatic carbocycles. The average Bonchev–Trinajstić information content (AvgIpc) is 2.78. The van der Waals surface area contributed by atoms with E-state index >= 15 is 0 Å². The van der Waals surface area contributed by atoms with E-state index in [1.165, 1.54) is 24.3 Å². The van der Waals surface area contributed by atoms with Gasteiger partial charge in [0.15, 0.2) is 0 Å². The highest BCUT2D eigenvalue weighted by molar-refractivity contribution is 5.89. The first-order valence-corrected chi connectivity index (χ1v) is 6.13. The van der Waals surface area contributed by atoms with Crippen molar-refractivity contribution in [2.24, 2.45) is 0 Å². The zero-order chi connectivity index (χ0) is 13.0. The lowest BCUT2D eigenvalue weighted by atomic mass is 10.0. The van der Waals surface area contributed by atoms with Crippen molar-refractivity contribution in [3.05, 3.63) is 30.1 Å². The number of urea groups is 1. The van der Waals surface area contributed by atoms with Crippen molar-refractivity contribution >= 4 is 11.7 Å². The Morgan fingerprint density at radius 3 is 2.78 bits per heavy atom. The first-order chi connectivity index (χ1) is 8.57. The Morgan fingerprint density at radius 2 is 2.17 bits per heavy atom. The maximum atomic E-state index is 12.7. The van der Waals surface area contributed by atoms with Crippen molar-refractivity contribution in [2.45, 2.75) is 25.3 Å². The fraction of sp³-hybridized carbons (Fsp3) is 0.462. The number of hydrogen-bond donors (Lipinski definition) is 3. The minimum absolute atomic E-state index is 0.0138. The van der Waals surface area contributed by atoms with Crippen molar-refractivity contribution < 1.29 is 9.18 Å². The first-order valence-electron chi connectivity index (χ1n) is 6.13. The zero-order valence-electron chi connectivity index (χ0n) is 10.4. The van der Waals surface area contributed by atoms with Gasteiger partial charge in [-0.1, -0.05) is 0 Å². The van der Waals surface area contributed by atoms with E-state index < -0.39 is 0 Å². The summed E-state index contributed by atoms with van der Waals surface area (Å²) < 4.78 is 12.7. The molecule has 98 valence electrons. The Bertz CT molecular complexity index is 413. The Morgan fingerprint density at radius 1 is 1.44 bits per heavy atom. The van der Waals surface area contributed by atoms with E-state index in [1.807, 2.05) is 0 Å². The van der Waals surface area contributed by atoms with E-state index in [-0.39, 0.29) is 17.4 Å². The van der Waals surface area contributed by atoms with Gasteiger partial charge in [-0.15, -0.1) is 0 Å². The molecule has 1 atom stereocenters. The van der Waals surface area contributed by atoms with Gasteiger partial charge >= 0.3 is 6.03 Å². The van der Waals surface area contributed by atoms with Crippen LogP contribution in [0, 0.1) is 5.82 Å². The number of carbonyl (C=O) groups excluding carboxylic acids is 1. The van der Waals surface area contributed by atoms with Crippen LogP contribution in [0.4, 0.5) is 14.9 Å².